The van der Waals surface area contributed by atoms with Crippen LogP contribution in [-0.4, -0.2) is 19.1 Å². The highest BCUT2D eigenvalue weighted by atomic mass is 35.5. The van der Waals surface area contributed by atoms with Gasteiger partial charge >= 0.3 is 0 Å². The Morgan fingerprint density at radius 1 is 1.35 bits per heavy atom. The quantitative estimate of drug-likeness (QED) is 0.526. The van der Waals surface area contributed by atoms with Gasteiger partial charge in [0.2, 0.25) is 0 Å². The maximum absolute atomic E-state index is 13.1. The Kier molecular flexibility index (Phi) is 6.53. The van der Waals surface area contributed by atoms with Crippen LogP contribution in [0.25, 0.3) is 0 Å². The molecule has 0 heterocycles. The third kappa shape index (κ3) is 5.51. The lowest BCUT2D eigenvalue weighted by Gasteiger charge is -2.15. The summed E-state index contributed by atoms with van der Waals surface area (Å²) in [4.78, 5) is 0. The molecule has 0 aliphatic heterocycles. The van der Waals surface area contributed by atoms with E-state index in [-0.39, 0.29) is 11.7 Å². The Hall–Kier alpha value is -0.600. The highest BCUT2D eigenvalue weighted by Crippen LogP contribution is 2.22. The fourth-order valence-corrected chi connectivity index (χ4v) is 1.97. The Labute approximate surface area is 108 Å². The van der Waals surface area contributed by atoms with Gasteiger partial charge in [-0.25, -0.2) is 4.39 Å². The van der Waals surface area contributed by atoms with Crippen molar-refractivity contribution in [2.75, 3.05) is 19.1 Å². The summed E-state index contributed by atoms with van der Waals surface area (Å²) in [6, 6.07) is 6.64. The first-order valence-corrected chi connectivity index (χ1v) is 6.56. The number of ether oxygens (including phenoxy) is 1. The standard InChI is InChI=1S/C14H20ClFO/c1-11(2)10-17-7-6-13(9-15)12-4-3-5-14(16)8-12/h3-5,8,11,13H,6-7,9-10H2,1-2H3. The summed E-state index contributed by atoms with van der Waals surface area (Å²) in [5, 5.41) is 0. The zero-order valence-electron chi connectivity index (χ0n) is 10.5. The zero-order chi connectivity index (χ0) is 12.7. The molecule has 0 bridgehead atoms. The van der Waals surface area contributed by atoms with Crippen LogP contribution in [0.4, 0.5) is 4.39 Å². The average molecular weight is 259 g/mol. The van der Waals surface area contributed by atoms with Gasteiger partial charge in [0.05, 0.1) is 0 Å². The molecule has 0 saturated heterocycles. The predicted molar refractivity (Wildman–Crippen MR) is 70.1 cm³/mol. The summed E-state index contributed by atoms with van der Waals surface area (Å²) in [6.07, 6.45) is 0.833. The number of benzene rings is 1. The van der Waals surface area contributed by atoms with E-state index in [0.717, 1.165) is 18.6 Å². The summed E-state index contributed by atoms with van der Waals surface area (Å²) in [6.45, 7) is 5.67. The molecule has 0 amide bonds. The maximum Gasteiger partial charge on any atom is 0.123 e. The second kappa shape index (κ2) is 7.67. The molecule has 0 aromatic heterocycles. The first-order chi connectivity index (χ1) is 8.13. The van der Waals surface area contributed by atoms with Crippen molar-refractivity contribution in [1.82, 2.24) is 0 Å². The van der Waals surface area contributed by atoms with Gasteiger partial charge in [0, 0.05) is 19.1 Å². The van der Waals surface area contributed by atoms with Crippen LogP contribution in [0.5, 0.6) is 0 Å². The van der Waals surface area contributed by atoms with Crippen LogP contribution in [0, 0.1) is 11.7 Å². The molecular formula is C14H20ClFO. The molecule has 1 atom stereocenters. The highest BCUT2D eigenvalue weighted by Gasteiger charge is 2.11. The minimum atomic E-state index is -0.208. The van der Waals surface area contributed by atoms with Gasteiger partial charge in [0.15, 0.2) is 0 Å². The van der Waals surface area contributed by atoms with Gasteiger partial charge < -0.3 is 4.74 Å². The van der Waals surface area contributed by atoms with Crippen LogP contribution in [0.3, 0.4) is 0 Å². The van der Waals surface area contributed by atoms with E-state index in [1.807, 2.05) is 6.07 Å². The normalized spacial score (nSPS) is 13.0. The molecule has 17 heavy (non-hydrogen) atoms. The maximum atomic E-state index is 13.1. The van der Waals surface area contributed by atoms with Crippen molar-refractivity contribution >= 4 is 11.6 Å². The highest BCUT2D eigenvalue weighted by molar-refractivity contribution is 6.18. The summed E-state index contributed by atoms with van der Waals surface area (Å²) in [7, 11) is 0. The lowest BCUT2D eigenvalue weighted by atomic mass is 9.98. The molecule has 0 spiro atoms. The van der Waals surface area contributed by atoms with Crippen molar-refractivity contribution in [3.63, 3.8) is 0 Å². The van der Waals surface area contributed by atoms with Crippen LogP contribution in [0.15, 0.2) is 24.3 Å². The van der Waals surface area contributed by atoms with Crippen LogP contribution >= 0.6 is 11.6 Å². The van der Waals surface area contributed by atoms with Crippen LogP contribution in [-0.2, 0) is 4.74 Å². The summed E-state index contributed by atoms with van der Waals surface area (Å²) >= 11 is 5.92. The lowest BCUT2D eigenvalue weighted by Crippen LogP contribution is -2.08. The molecule has 0 aliphatic carbocycles. The summed E-state index contributed by atoms with van der Waals surface area (Å²) in [5.74, 6) is 0.993. The second-order valence-electron chi connectivity index (χ2n) is 4.66. The van der Waals surface area contributed by atoms with E-state index in [1.165, 1.54) is 6.07 Å². The number of hydrogen-bond donors (Lipinski definition) is 0. The molecule has 0 N–H and O–H groups in total. The topological polar surface area (TPSA) is 9.23 Å². The van der Waals surface area contributed by atoms with Gasteiger partial charge in [-0.3, -0.25) is 0 Å². The van der Waals surface area contributed by atoms with E-state index < -0.39 is 0 Å². The number of rotatable bonds is 7. The molecule has 1 unspecified atom stereocenters. The van der Waals surface area contributed by atoms with Crippen LogP contribution < -0.4 is 0 Å². The van der Waals surface area contributed by atoms with E-state index in [1.54, 1.807) is 12.1 Å². The number of hydrogen-bond acceptors (Lipinski definition) is 1. The largest absolute Gasteiger partial charge is 0.381 e. The van der Waals surface area contributed by atoms with Gasteiger partial charge in [-0.05, 0) is 36.0 Å². The van der Waals surface area contributed by atoms with Crippen molar-refractivity contribution < 1.29 is 9.13 Å². The minimum absolute atomic E-state index is 0.166. The SMILES string of the molecule is CC(C)COCCC(CCl)c1cccc(F)c1. The third-order valence-electron chi connectivity index (χ3n) is 2.57. The Balaban J connectivity index is 2.43. The van der Waals surface area contributed by atoms with Crippen molar-refractivity contribution in [1.29, 1.82) is 0 Å². The van der Waals surface area contributed by atoms with Gasteiger partial charge in [0.25, 0.3) is 0 Å². The Bertz CT molecular complexity index is 328. The van der Waals surface area contributed by atoms with E-state index in [0.29, 0.717) is 18.4 Å². The predicted octanol–water partition coefficient (Wildman–Crippen LogP) is 4.21. The van der Waals surface area contributed by atoms with Crippen molar-refractivity contribution in [2.24, 2.45) is 5.92 Å². The number of alkyl halides is 1. The molecule has 0 saturated carbocycles. The zero-order valence-corrected chi connectivity index (χ0v) is 11.2. The number of halogens is 2. The average Bonchev–Trinajstić information content (AvgIpc) is 2.29. The van der Waals surface area contributed by atoms with Crippen LogP contribution in [0.2, 0.25) is 0 Å². The molecule has 1 nitrogen and oxygen atoms in total. The molecule has 0 fully saturated rings. The van der Waals surface area contributed by atoms with Crippen LogP contribution in [0.1, 0.15) is 31.7 Å². The van der Waals surface area contributed by atoms with Crippen molar-refractivity contribution in [3.8, 4) is 0 Å². The molecule has 0 radical (unpaired) electrons. The Morgan fingerprint density at radius 2 is 2.12 bits per heavy atom. The summed E-state index contributed by atoms with van der Waals surface area (Å²) in [5.41, 5.74) is 0.952. The molecule has 3 heteroatoms. The fraction of sp³-hybridized carbons (Fsp3) is 0.571. The van der Waals surface area contributed by atoms with E-state index >= 15 is 0 Å². The molecular weight excluding hydrogens is 239 g/mol. The van der Waals surface area contributed by atoms with Gasteiger partial charge in [-0.2, -0.15) is 0 Å². The van der Waals surface area contributed by atoms with E-state index in [9.17, 15) is 4.39 Å². The second-order valence-corrected chi connectivity index (χ2v) is 4.97. The molecule has 96 valence electrons. The fourth-order valence-electron chi connectivity index (χ4n) is 1.64. The molecule has 1 aromatic carbocycles. The van der Waals surface area contributed by atoms with Gasteiger partial charge in [0.1, 0.15) is 5.82 Å². The third-order valence-corrected chi connectivity index (χ3v) is 2.94. The Morgan fingerprint density at radius 3 is 2.71 bits per heavy atom. The van der Waals surface area contributed by atoms with E-state index in [4.69, 9.17) is 16.3 Å². The van der Waals surface area contributed by atoms with Gasteiger partial charge in [-0.15, -0.1) is 11.6 Å². The molecule has 1 aromatic rings. The van der Waals surface area contributed by atoms with E-state index in [2.05, 4.69) is 13.8 Å². The summed E-state index contributed by atoms with van der Waals surface area (Å²) < 4.78 is 18.6. The van der Waals surface area contributed by atoms with Gasteiger partial charge in [-0.1, -0.05) is 26.0 Å². The molecule has 1 rings (SSSR count). The smallest absolute Gasteiger partial charge is 0.123 e. The van der Waals surface area contributed by atoms with Crippen molar-refractivity contribution in [3.05, 3.63) is 35.6 Å². The van der Waals surface area contributed by atoms with Crippen molar-refractivity contribution in [2.45, 2.75) is 26.2 Å². The molecule has 0 aliphatic rings. The lowest BCUT2D eigenvalue weighted by molar-refractivity contribution is 0.105. The first-order valence-electron chi connectivity index (χ1n) is 6.02. The monoisotopic (exact) mass is 258 g/mol. The minimum Gasteiger partial charge on any atom is -0.381 e. The first kappa shape index (κ1) is 14.5.